The molecule has 0 atom stereocenters. The molecule has 0 radical (unpaired) electrons. The van der Waals surface area contributed by atoms with Crippen LogP contribution >= 0.6 is 11.8 Å². The number of fused-ring (bicyclic) bond motifs is 4. The van der Waals surface area contributed by atoms with Gasteiger partial charge in [0.1, 0.15) is 0 Å². The van der Waals surface area contributed by atoms with Crippen LogP contribution in [0.3, 0.4) is 0 Å². The van der Waals surface area contributed by atoms with E-state index in [1.165, 1.54) is 17.3 Å². The minimum atomic E-state index is -0.0895. The van der Waals surface area contributed by atoms with Crippen LogP contribution in [0.25, 0.3) is 11.3 Å². The number of rotatable bonds is 5. The predicted octanol–water partition coefficient (Wildman–Crippen LogP) is 5.27. The van der Waals surface area contributed by atoms with Gasteiger partial charge >= 0.3 is 0 Å². The van der Waals surface area contributed by atoms with Gasteiger partial charge in [0, 0.05) is 23.1 Å². The lowest BCUT2D eigenvalue weighted by atomic mass is 9.68. The first-order chi connectivity index (χ1) is 15.1. The minimum Gasteiger partial charge on any atom is -0.293 e. The van der Waals surface area contributed by atoms with Crippen molar-refractivity contribution in [3.8, 4) is 11.3 Å². The zero-order valence-corrected chi connectivity index (χ0v) is 18.6. The van der Waals surface area contributed by atoms with Crippen LogP contribution in [0.1, 0.15) is 54.1 Å². The Bertz CT molecular complexity index is 1190. The zero-order valence-electron chi connectivity index (χ0n) is 17.8. The molecule has 1 saturated carbocycles. The van der Waals surface area contributed by atoms with E-state index in [1.54, 1.807) is 4.57 Å². The Labute approximate surface area is 186 Å². The van der Waals surface area contributed by atoms with Crippen LogP contribution in [0.5, 0.6) is 0 Å². The maximum Gasteiger partial charge on any atom is 0.258 e. The molecule has 1 aromatic heterocycles. The van der Waals surface area contributed by atoms with Crippen molar-refractivity contribution in [3.05, 3.63) is 81.6 Å². The summed E-state index contributed by atoms with van der Waals surface area (Å²) in [7, 11) is 0. The molecule has 0 saturated heterocycles. The lowest BCUT2D eigenvalue weighted by Crippen LogP contribution is -2.40. The highest BCUT2D eigenvalue weighted by Crippen LogP contribution is 2.49. The zero-order chi connectivity index (χ0) is 21.4. The molecular formula is C26H26N2O2S. The quantitative estimate of drug-likeness (QED) is 0.314. The first-order valence-corrected chi connectivity index (χ1v) is 12.1. The van der Waals surface area contributed by atoms with Crippen LogP contribution in [0.2, 0.25) is 0 Å². The van der Waals surface area contributed by atoms with Gasteiger partial charge in [-0.05, 0) is 31.7 Å². The smallest absolute Gasteiger partial charge is 0.258 e. The van der Waals surface area contributed by atoms with E-state index in [0.717, 1.165) is 48.9 Å². The van der Waals surface area contributed by atoms with Crippen molar-refractivity contribution in [1.29, 1.82) is 0 Å². The molecule has 0 bridgehead atoms. The maximum absolute atomic E-state index is 13.8. The van der Waals surface area contributed by atoms with Crippen LogP contribution in [0, 0.1) is 0 Å². The molecule has 5 heteroatoms. The molecule has 0 unspecified atom stereocenters. The van der Waals surface area contributed by atoms with Gasteiger partial charge in [-0.15, -0.1) is 0 Å². The van der Waals surface area contributed by atoms with Crippen molar-refractivity contribution >= 4 is 17.5 Å². The molecule has 1 heterocycles. The molecule has 5 rings (SSSR count). The Morgan fingerprint density at radius 1 is 1.06 bits per heavy atom. The third kappa shape index (κ3) is 3.45. The van der Waals surface area contributed by atoms with E-state index in [9.17, 15) is 9.59 Å². The average molecular weight is 431 g/mol. The van der Waals surface area contributed by atoms with Crippen LogP contribution < -0.4 is 5.56 Å². The molecule has 1 fully saturated rings. The molecule has 158 valence electrons. The fourth-order valence-electron chi connectivity index (χ4n) is 5.27. The Hall–Kier alpha value is -2.66. The summed E-state index contributed by atoms with van der Waals surface area (Å²) in [4.78, 5) is 31.5. The number of aromatic nitrogens is 2. The third-order valence-electron chi connectivity index (χ3n) is 6.77. The molecule has 0 N–H and O–H groups in total. The molecule has 0 amide bonds. The SMILES string of the molecule is CCn1c(SCC(=O)c2ccccc2)nc2c(c1=O)C1(CCCC1)Cc1ccccc1-2. The number of benzene rings is 2. The predicted molar refractivity (Wildman–Crippen MR) is 125 cm³/mol. The van der Waals surface area contributed by atoms with Gasteiger partial charge in [0.25, 0.3) is 5.56 Å². The molecule has 3 aromatic rings. The molecular weight excluding hydrogens is 404 g/mol. The fraction of sp³-hybridized carbons (Fsp3) is 0.346. The summed E-state index contributed by atoms with van der Waals surface area (Å²) < 4.78 is 1.77. The molecule has 0 aliphatic heterocycles. The number of nitrogens with zero attached hydrogens (tertiary/aromatic N) is 2. The normalized spacial score (nSPS) is 16.2. The standard InChI is InChI=1S/C26H26N2O2S/c1-2-28-24(30)22-23(27-25(28)31-17-21(29)18-10-4-3-5-11-18)20-13-7-6-12-19(20)16-26(22)14-8-9-15-26/h3-7,10-13H,2,8-9,14-17H2,1H3. The number of carbonyl (C=O) groups excluding carboxylic acids is 1. The van der Waals surface area contributed by atoms with Gasteiger partial charge in [-0.25, -0.2) is 4.98 Å². The number of hydrogen-bond donors (Lipinski definition) is 0. The highest BCUT2D eigenvalue weighted by Gasteiger charge is 2.44. The van der Waals surface area contributed by atoms with Crippen molar-refractivity contribution < 1.29 is 4.79 Å². The topological polar surface area (TPSA) is 52.0 Å². The summed E-state index contributed by atoms with van der Waals surface area (Å²) in [6, 6.07) is 17.7. The van der Waals surface area contributed by atoms with Crippen molar-refractivity contribution in [3.63, 3.8) is 0 Å². The van der Waals surface area contributed by atoms with E-state index in [0.29, 0.717) is 17.3 Å². The van der Waals surface area contributed by atoms with Crippen molar-refractivity contribution in [2.45, 2.75) is 56.1 Å². The summed E-state index contributed by atoms with van der Waals surface area (Å²) in [5.74, 6) is 0.315. The Kier molecular flexibility index (Phi) is 5.30. The molecule has 2 aliphatic rings. The molecule has 2 aliphatic carbocycles. The number of ketones is 1. The monoisotopic (exact) mass is 430 g/mol. The van der Waals surface area contributed by atoms with Gasteiger partial charge in [0.05, 0.1) is 17.0 Å². The van der Waals surface area contributed by atoms with Crippen LogP contribution in [0.4, 0.5) is 0 Å². The van der Waals surface area contributed by atoms with Gasteiger partial charge in [0.2, 0.25) is 0 Å². The van der Waals surface area contributed by atoms with Gasteiger partial charge in [0.15, 0.2) is 10.9 Å². The highest BCUT2D eigenvalue weighted by molar-refractivity contribution is 7.99. The number of hydrogen-bond acceptors (Lipinski definition) is 4. The van der Waals surface area contributed by atoms with Crippen molar-refractivity contribution in [2.75, 3.05) is 5.75 Å². The van der Waals surface area contributed by atoms with Crippen LogP contribution in [0.15, 0.2) is 64.5 Å². The molecule has 1 spiro atoms. The first kappa shape index (κ1) is 20.3. The lowest BCUT2D eigenvalue weighted by molar-refractivity contribution is 0.102. The summed E-state index contributed by atoms with van der Waals surface area (Å²) >= 11 is 1.37. The first-order valence-electron chi connectivity index (χ1n) is 11.1. The van der Waals surface area contributed by atoms with Crippen molar-refractivity contribution in [2.24, 2.45) is 0 Å². The number of carbonyl (C=O) groups is 1. The summed E-state index contributed by atoms with van der Waals surface area (Å²) in [5.41, 5.74) is 4.79. The largest absolute Gasteiger partial charge is 0.293 e. The second-order valence-corrected chi connectivity index (χ2v) is 9.51. The Balaban J connectivity index is 1.60. The fourth-order valence-corrected chi connectivity index (χ4v) is 6.22. The van der Waals surface area contributed by atoms with Crippen LogP contribution in [-0.2, 0) is 18.4 Å². The minimum absolute atomic E-state index is 0.0490. The lowest BCUT2D eigenvalue weighted by Gasteiger charge is -2.36. The third-order valence-corrected chi connectivity index (χ3v) is 7.75. The summed E-state index contributed by atoms with van der Waals surface area (Å²) in [6.07, 6.45) is 5.35. The number of thioether (sulfide) groups is 1. The van der Waals surface area contributed by atoms with Gasteiger partial charge < -0.3 is 0 Å². The summed E-state index contributed by atoms with van der Waals surface area (Å²) in [5, 5.41) is 0.639. The van der Waals surface area contributed by atoms with E-state index in [-0.39, 0.29) is 22.5 Å². The molecule has 2 aromatic carbocycles. The van der Waals surface area contributed by atoms with E-state index in [1.807, 2.05) is 43.3 Å². The van der Waals surface area contributed by atoms with E-state index < -0.39 is 0 Å². The van der Waals surface area contributed by atoms with E-state index >= 15 is 0 Å². The average Bonchev–Trinajstić information content (AvgIpc) is 3.26. The second kappa shape index (κ2) is 8.12. The summed E-state index contributed by atoms with van der Waals surface area (Å²) in [6.45, 7) is 2.54. The molecule has 31 heavy (non-hydrogen) atoms. The van der Waals surface area contributed by atoms with Crippen molar-refractivity contribution in [1.82, 2.24) is 9.55 Å². The van der Waals surface area contributed by atoms with E-state index in [4.69, 9.17) is 4.98 Å². The number of Topliss-reactive ketones (excluding diaryl/α,β-unsaturated/α-hetero) is 1. The Morgan fingerprint density at radius 2 is 1.77 bits per heavy atom. The second-order valence-electron chi connectivity index (χ2n) is 8.57. The molecule has 4 nitrogen and oxygen atoms in total. The van der Waals surface area contributed by atoms with Crippen LogP contribution in [-0.4, -0.2) is 21.1 Å². The van der Waals surface area contributed by atoms with E-state index in [2.05, 4.69) is 18.2 Å². The Morgan fingerprint density at radius 3 is 2.52 bits per heavy atom. The maximum atomic E-state index is 13.8. The van der Waals surface area contributed by atoms with Gasteiger partial charge in [-0.1, -0.05) is 79.2 Å². The van der Waals surface area contributed by atoms with Gasteiger partial charge in [-0.3, -0.25) is 14.2 Å². The van der Waals surface area contributed by atoms with Gasteiger partial charge in [-0.2, -0.15) is 0 Å². The highest BCUT2D eigenvalue weighted by atomic mass is 32.2.